The van der Waals surface area contributed by atoms with Gasteiger partial charge in [0.25, 0.3) is 0 Å². The molecule has 2 aromatic carbocycles. The first-order valence-electron chi connectivity index (χ1n) is 9.76. The zero-order chi connectivity index (χ0) is 20.2. The molecule has 1 aliphatic rings. The lowest BCUT2D eigenvalue weighted by atomic mass is 9.96. The van der Waals surface area contributed by atoms with Gasteiger partial charge in [0.2, 0.25) is 17.6 Å². The van der Waals surface area contributed by atoms with Gasteiger partial charge in [0, 0.05) is 29.4 Å². The fraction of sp³-hybridized carbons (Fsp3) is 0.318. The van der Waals surface area contributed by atoms with Crippen molar-refractivity contribution in [2.45, 2.75) is 26.3 Å². The molecular weight excluding hydrogens is 388 g/mol. The number of piperidine rings is 1. The van der Waals surface area contributed by atoms with Gasteiger partial charge in [0.1, 0.15) is 0 Å². The first-order valence-corrected chi connectivity index (χ1v) is 10.1. The Balaban J connectivity index is 1.33. The molecule has 2 heterocycles. The second kappa shape index (κ2) is 8.66. The Morgan fingerprint density at radius 2 is 1.97 bits per heavy atom. The maximum Gasteiger partial charge on any atom is 0.246 e. The quantitative estimate of drug-likeness (QED) is 0.681. The van der Waals surface area contributed by atoms with Crippen molar-refractivity contribution in [3.8, 4) is 11.4 Å². The number of nitrogens with zero attached hydrogens (tertiary/aromatic N) is 3. The number of hydrogen-bond donors (Lipinski definition) is 1. The monoisotopic (exact) mass is 410 g/mol. The molecule has 1 aliphatic heterocycles. The van der Waals surface area contributed by atoms with Gasteiger partial charge in [-0.15, -0.1) is 0 Å². The van der Waals surface area contributed by atoms with Crippen LogP contribution in [0.2, 0.25) is 5.02 Å². The maximum absolute atomic E-state index is 12.7. The molecule has 0 saturated carbocycles. The van der Waals surface area contributed by atoms with E-state index in [4.69, 9.17) is 16.1 Å². The molecule has 1 aromatic heterocycles. The van der Waals surface area contributed by atoms with Crippen LogP contribution in [0.15, 0.2) is 53.1 Å². The molecule has 3 aromatic rings. The van der Waals surface area contributed by atoms with Crippen LogP contribution in [-0.4, -0.2) is 29.1 Å². The average molecular weight is 411 g/mol. The van der Waals surface area contributed by atoms with Crippen molar-refractivity contribution in [1.29, 1.82) is 0 Å². The van der Waals surface area contributed by atoms with Crippen molar-refractivity contribution >= 4 is 23.2 Å². The highest BCUT2D eigenvalue weighted by Gasteiger charge is 2.26. The molecule has 1 atom stereocenters. The Morgan fingerprint density at radius 1 is 1.21 bits per heavy atom. The number of halogens is 1. The van der Waals surface area contributed by atoms with Gasteiger partial charge in [0.15, 0.2) is 0 Å². The van der Waals surface area contributed by atoms with Crippen molar-refractivity contribution in [1.82, 2.24) is 15.5 Å². The first-order chi connectivity index (χ1) is 14.1. The summed E-state index contributed by atoms with van der Waals surface area (Å²) < 4.78 is 5.27. The van der Waals surface area contributed by atoms with Gasteiger partial charge in [-0.05, 0) is 56.2 Å². The number of aryl methyl sites for hydroxylation is 1. The van der Waals surface area contributed by atoms with Crippen LogP contribution in [0.3, 0.4) is 0 Å². The van der Waals surface area contributed by atoms with Crippen molar-refractivity contribution in [3.63, 3.8) is 0 Å². The number of carbonyl (C=O) groups excluding carboxylic acids is 1. The summed E-state index contributed by atoms with van der Waals surface area (Å²) in [6.45, 7) is 3.99. The summed E-state index contributed by atoms with van der Waals surface area (Å²) in [5, 5.41) is 7.57. The van der Waals surface area contributed by atoms with Crippen LogP contribution in [-0.2, 0) is 11.3 Å². The Labute approximate surface area is 174 Å². The number of hydrogen-bond acceptors (Lipinski definition) is 5. The summed E-state index contributed by atoms with van der Waals surface area (Å²) in [5.41, 5.74) is 3.21. The summed E-state index contributed by atoms with van der Waals surface area (Å²) in [4.78, 5) is 19.3. The SMILES string of the molecule is Cc1ccc(N2CCC[C@@H](C(=O)NCc3nc(-c4ccc(Cl)cc4)no3)C2)cc1. The molecule has 0 unspecified atom stereocenters. The van der Waals surface area contributed by atoms with E-state index in [2.05, 4.69) is 51.5 Å². The third-order valence-electron chi connectivity index (χ3n) is 5.18. The Kier molecular flexibility index (Phi) is 5.81. The molecule has 1 amide bonds. The van der Waals surface area contributed by atoms with Crippen molar-refractivity contribution in [2.75, 3.05) is 18.0 Å². The minimum Gasteiger partial charge on any atom is -0.371 e. The van der Waals surface area contributed by atoms with E-state index in [0.29, 0.717) is 16.7 Å². The van der Waals surface area contributed by atoms with Crippen LogP contribution in [0, 0.1) is 12.8 Å². The molecule has 0 bridgehead atoms. The minimum atomic E-state index is -0.0521. The predicted octanol–water partition coefficient (Wildman–Crippen LogP) is 4.23. The largest absolute Gasteiger partial charge is 0.371 e. The molecule has 0 spiro atoms. The number of anilines is 1. The lowest BCUT2D eigenvalue weighted by molar-refractivity contribution is -0.125. The summed E-state index contributed by atoms with van der Waals surface area (Å²) in [6, 6.07) is 15.7. The fourth-order valence-electron chi connectivity index (χ4n) is 3.53. The van der Waals surface area contributed by atoms with Crippen LogP contribution in [0.25, 0.3) is 11.4 Å². The predicted molar refractivity (Wildman–Crippen MR) is 113 cm³/mol. The molecule has 1 saturated heterocycles. The summed E-state index contributed by atoms with van der Waals surface area (Å²) in [7, 11) is 0. The second-order valence-corrected chi connectivity index (χ2v) is 7.79. The van der Waals surface area contributed by atoms with Crippen LogP contribution in [0.1, 0.15) is 24.3 Å². The van der Waals surface area contributed by atoms with Crippen LogP contribution < -0.4 is 10.2 Å². The molecule has 7 heteroatoms. The lowest BCUT2D eigenvalue weighted by Crippen LogP contribution is -2.43. The number of benzene rings is 2. The third-order valence-corrected chi connectivity index (χ3v) is 5.43. The van der Waals surface area contributed by atoms with E-state index in [1.807, 2.05) is 12.1 Å². The number of carbonyl (C=O) groups is 1. The fourth-order valence-corrected chi connectivity index (χ4v) is 3.66. The zero-order valence-electron chi connectivity index (χ0n) is 16.3. The molecule has 0 radical (unpaired) electrons. The van der Waals surface area contributed by atoms with E-state index in [9.17, 15) is 4.79 Å². The highest BCUT2D eigenvalue weighted by atomic mass is 35.5. The molecule has 0 aliphatic carbocycles. The van der Waals surface area contributed by atoms with Crippen LogP contribution in [0.4, 0.5) is 5.69 Å². The van der Waals surface area contributed by atoms with Gasteiger partial charge in [-0.3, -0.25) is 4.79 Å². The normalized spacial score (nSPS) is 16.6. The molecule has 1 N–H and O–H groups in total. The standard InChI is InChI=1S/C22H23ClN4O2/c1-15-4-10-19(11-5-15)27-12-2-3-17(14-27)22(28)24-13-20-25-21(26-29-20)16-6-8-18(23)9-7-16/h4-11,17H,2-3,12-14H2,1H3,(H,24,28)/t17-/m1/s1. The van der Waals surface area contributed by atoms with E-state index < -0.39 is 0 Å². The topological polar surface area (TPSA) is 71.3 Å². The van der Waals surface area contributed by atoms with Crippen molar-refractivity contribution in [3.05, 3.63) is 65.0 Å². The Bertz CT molecular complexity index is 969. The van der Waals surface area contributed by atoms with Gasteiger partial charge >= 0.3 is 0 Å². The van der Waals surface area contributed by atoms with E-state index in [0.717, 1.165) is 37.2 Å². The molecule has 6 nitrogen and oxygen atoms in total. The average Bonchev–Trinajstić information content (AvgIpc) is 3.22. The van der Waals surface area contributed by atoms with Gasteiger partial charge in [-0.25, -0.2) is 0 Å². The Morgan fingerprint density at radius 3 is 2.72 bits per heavy atom. The van der Waals surface area contributed by atoms with E-state index in [1.54, 1.807) is 12.1 Å². The van der Waals surface area contributed by atoms with Gasteiger partial charge in [0.05, 0.1) is 12.5 Å². The molecular formula is C22H23ClN4O2. The highest BCUT2D eigenvalue weighted by Crippen LogP contribution is 2.24. The summed E-state index contributed by atoms with van der Waals surface area (Å²) in [5.74, 6) is 0.834. The number of aromatic nitrogens is 2. The number of amides is 1. The smallest absolute Gasteiger partial charge is 0.246 e. The van der Waals surface area contributed by atoms with Gasteiger partial charge in [-0.2, -0.15) is 4.98 Å². The maximum atomic E-state index is 12.7. The Hall–Kier alpha value is -2.86. The van der Waals surface area contributed by atoms with Crippen molar-refractivity contribution < 1.29 is 9.32 Å². The minimum absolute atomic E-state index is 0.0213. The lowest BCUT2D eigenvalue weighted by Gasteiger charge is -2.33. The van der Waals surface area contributed by atoms with Crippen LogP contribution >= 0.6 is 11.6 Å². The highest BCUT2D eigenvalue weighted by molar-refractivity contribution is 6.30. The van der Waals surface area contributed by atoms with Crippen molar-refractivity contribution in [2.24, 2.45) is 5.92 Å². The molecule has 4 rings (SSSR count). The summed E-state index contributed by atoms with van der Waals surface area (Å²) >= 11 is 5.90. The first kappa shape index (κ1) is 19.5. The van der Waals surface area contributed by atoms with E-state index in [-0.39, 0.29) is 18.4 Å². The number of nitrogens with one attached hydrogen (secondary N) is 1. The van der Waals surface area contributed by atoms with Gasteiger partial charge in [-0.1, -0.05) is 34.5 Å². The second-order valence-electron chi connectivity index (χ2n) is 7.36. The number of rotatable bonds is 5. The van der Waals surface area contributed by atoms with E-state index >= 15 is 0 Å². The van der Waals surface area contributed by atoms with Crippen LogP contribution in [0.5, 0.6) is 0 Å². The summed E-state index contributed by atoms with van der Waals surface area (Å²) in [6.07, 6.45) is 1.88. The van der Waals surface area contributed by atoms with E-state index in [1.165, 1.54) is 5.56 Å². The zero-order valence-corrected chi connectivity index (χ0v) is 17.0. The third kappa shape index (κ3) is 4.77. The van der Waals surface area contributed by atoms with Gasteiger partial charge < -0.3 is 14.7 Å². The molecule has 1 fully saturated rings. The molecule has 29 heavy (non-hydrogen) atoms. The molecule has 150 valence electrons.